The van der Waals surface area contributed by atoms with Crippen LogP contribution in [0.25, 0.3) is 0 Å². The van der Waals surface area contributed by atoms with Crippen LogP contribution < -0.4 is 10.6 Å². The fourth-order valence-electron chi connectivity index (χ4n) is 1.70. The fraction of sp³-hybridized carbons (Fsp3) is 0.462. The number of anilines is 1. The number of pyridine rings is 1. The molecule has 0 atom stereocenters. The maximum absolute atomic E-state index is 11.6. The minimum absolute atomic E-state index is 0.0220. The molecule has 1 heterocycles. The lowest BCUT2D eigenvalue weighted by Gasteiger charge is -2.25. The number of carboxylic acids is 1. The van der Waals surface area contributed by atoms with Crippen molar-refractivity contribution in [1.29, 1.82) is 0 Å². The molecule has 1 aromatic heterocycles. The molecule has 0 radical (unpaired) electrons. The second-order valence-electron chi connectivity index (χ2n) is 4.87. The quantitative estimate of drug-likeness (QED) is 0.725. The average molecular weight is 265 g/mol. The van der Waals surface area contributed by atoms with Crippen molar-refractivity contribution in [2.75, 3.05) is 11.9 Å². The predicted octanol–water partition coefficient (Wildman–Crippen LogP) is 1.50. The van der Waals surface area contributed by atoms with E-state index in [1.165, 1.54) is 6.20 Å². The van der Waals surface area contributed by atoms with Gasteiger partial charge in [-0.15, -0.1) is 0 Å². The van der Waals surface area contributed by atoms with Crippen molar-refractivity contribution in [3.8, 4) is 0 Å². The van der Waals surface area contributed by atoms with Crippen molar-refractivity contribution >= 4 is 17.6 Å². The van der Waals surface area contributed by atoms with Crippen LogP contribution in [0.15, 0.2) is 18.3 Å². The Morgan fingerprint density at radius 2 is 2.11 bits per heavy atom. The van der Waals surface area contributed by atoms with Gasteiger partial charge in [0, 0.05) is 24.0 Å². The third-order valence-electron chi connectivity index (χ3n) is 2.41. The number of carbonyl (C=O) groups is 2. The van der Waals surface area contributed by atoms with Gasteiger partial charge in [0.25, 0.3) is 5.91 Å². The molecule has 0 saturated carbocycles. The number of nitrogens with one attached hydrogen (secondary N) is 2. The smallest absolute Gasteiger partial charge is 0.305 e. The van der Waals surface area contributed by atoms with E-state index in [1.807, 2.05) is 6.92 Å². The van der Waals surface area contributed by atoms with Crippen molar-refractivity contribution in [3.05, 3.63) is 24.0 Å². The number of carboxylic acid groups (broad SMARTS) is 1. The highest BCUT2D eigenvalue weighted by Gasteiger charge is 2.21. The minimum atomic E-state index is -0.879. The van der Waals surface area contributed by atoms with Crippen LogP contribution in [0, 0.1) is 0 Å². The Morgan fingerprint density at radius 1 is 1.42 bits per heavy atom. The summed E-state index contributed by atoms with van der Waals surface area (Å²) in [6.45, 7) is 5.93. The molecule has 3 N–H and O–H groups in total. The summed E-state index contributed by atoms with van der Waals surface area (Å²) in [5, 5.41) is 14.6. The summed E-state index contributed by atoms with van der Waals surface area (Å²) in [7, 11) is 0. The van der Waals surface area contributed by atoms with Gasteiger partial charge in [-0.3, -0.25) is 14.6 Å². The summed E-state index contributed by atoms with van der Waals surface area (Å²) in [6, 6.07) is 3.31. The molecule has 0 spiro atoms. The molecule has 1 amide bonds. The van der Waals surface area contributed by atoms with Gasteiger partial charge < -0.3 is 15.7 Å². The molecule has 19 heavy (non-hydrogen) atoms. The second-order valence-corrected chi connectivity index (χ2v) is 4.87. The van der Waals surface area contributed by atoms with Gasteiger partial charge in [-0.2, -0.15) is 0 Å². The third-order valence-corrected chi connectivity index (χ3v) is 2.41. The van der Waals surface area contributed by atoms with Crippen LogP contribution in [0.1, 0.15) is 37.7 Å². The number of hydrogen-bond donors (Lipinski definition) is 3. The molecule has 0 unspecified atom stereocenters. The molecule has 1 rings (SSSR count). The molecule has 104 valence electrons. The van der Waals surface area contributed by atoms with Crippen molar-refractivity contribution in [3.63, 3.8) is 0 Å². The van der Waals surface area contributed by atoms with Crippen molar-refractivity contribution < 1.29 is 14.7 Å². The first-order valence-electron chi connectivity index (χ1n) is 6.08. The van der Waals surface area contributed by atoms with E-state index < -0.39 is 11.5 Å². The van der Waals surface area contributed by atoms with Gasteiger partial charge in [0.1, 0.15) is 5.69 Å². The normalized spacial score (nSPS) is 10.9. The zero-order valence-corrected chi connectivity index (χ0v) is 11.4. The molecule has 1 aromatic rings. The number of amides is 1. The lowest BCUT2D eigenvalue weighted by molar-refractivity contribution is -0.137. The van der Waals surface area contributed by atoms with Gasteiger partial charge in [0.05, 0.1) is 6.42 Å². The van der Waals surface area contributed by atoms with Gasteiger partial charge >= 0.3 is 5.97 Å². The van der Waals surface area contributed by atoms with Gasteiger partial charge in [0.2, 0.25) is 0 Å². The minimum Gasteiger partial charge on any atom is -0.481 e. The monoisotopic (exact) mass is 265 g/mol. The Balaban J connectivity index is 2.82. The van der Waals surface area contributed by atoms with Crippen LogP contribution in [0.5, 0.6) is 0 Å². The maximum atomic E-state index is 11.6. The van der Waals surface area contributed by atoms with E-state index >= 15 is 0 Å². The predicted molar refractivity (Wildman–Crippen MR) is 72.2 cm³/mol. The summed E-state index contributed by atoms with van der Waals surface area (Å²) in [5.74, 6) is -1.13. The van der Waals surface area contributed by atoms with Crippen LogP contribution in [-0.2, 0) is 4.79 Å². The Hall–Kier alpha value is -2.11. The molecule has 6 nitrogen and oxygen atoms in total. The van der Waals surface area contributed by atoms with Crippen LogP contribution in [0.4, 0.5) is 5.69 Å². The Kier molecular flexibility index (Phi) is 4.86. The number of nitrogens with zero attached hydrogens (tertiary/aromatic N) is 1. The standard InChI is InChI=1S/C13H19N3O3/c1-4-14-12(19)10-7-9(5-6-15-10)16-13(2,3)8-11(17)18/h5-7H,4,8H2,1-3H3,(H,14,19)(H,15,16)(H,17,18). The molecule has 0 aliphatic rings. The van der Waals surface area contributed by atoms with Gasteiger partial charge in [-0.05, 0) is 32.9 Å². The Bertz CT molecular complexity index is 472. The van der Waals surface area contributed by atoms with E-state index in [0.29, 0.717) is 17.9 Å². The summed E-state index contributed by atoms with van der Waals surface area (Å²) in [4.78, 5) is 26.4. The fourth-order valence-corrected chi connectivity index (χ4v) is 1.70. The maximum Gasteiger partial charge on any atom is 0.305 e. The average Bonchev–Trinajstić information content (AvgIpc) is 2.27. The first-order valence-corrected chi connectivity index (χ1v) is 6.08. The molecule has 0 fully saturated rings. The van der Waals surface area contributed by atoms with Crippen LogP contribution in [0.3, 0.4) is 0 Å². The van der Waals surface area contributed by atoms with E-state index in [2.05, 4.69) is 15.6 Å². The van der Waals surface area contributed by atoms with Crippen LogP contribution >= 0.6 is 0 Å². The Labute approximate surface area is 112 Å². The third kappa shape index (κ3) is 4.95. The topological polar surface area (TPSA) is 91.3 Å². The Morgan fingerprint density at radius 3 is 2.68 bits per heavy atom. The lowest BCUT2D eigenvalue weighted by atomic mass is 10.0. The SMILES string of the molecule is CCNC(=O)c1cc(NC(C)(C)CC(=O)O)ccn1. The van der Waals surface area contributed by atoms with E-state index in [1.54, 1.807) is 26.0 Å². The number of hydrogen-bond acceptors (Lipinski definition) is 4. The summed E-state index contributed by atoms with van der Waals surface area (Å²) < 4.78 is 0. The lowest BCUT2D eigenvalue weighted by Crippen LogP contribution is -2.33. The van der Waals surface area contributed by atoms with E-state index in [4.69, 9.17) is 5.11 Å². The zero-order valence-electron chi connectivity index (χ0n) is 11.4. The van der Waals surface area contributed by atoms with Crippen LogP contribution in [0.2, 0.25) is 0 Å². The zero-order chi connectivity index (χ0) is 14.5. The van der Waals surface area contributed by atoms with Gasteiger partial charge in [-0.1, -0.05) is 0 Å². The van der Waals surface area contributed by atoms with E-state index in [0.717, 1.165) is 0 Å². The summed E-state index contributed by atoms with van der Waals surface area (Å²) >= 11 is 0. The van der Waals surface area contributed by atoms with Crippen molar-refractivity contribution in [2.45, 2.75) is 32.7 Å². The first-order chi connectivity index (χ1) is 8.84. The number of rotatable bonds is 6. The molecule has 0 aromatic carbocycles. The second kappa shape index (κ2) is 6.17. The molecule has 0 bridgehead atoms. The highest BCUT2D eigenvalue weighted by atomic mass is 16.4. The molecule has 0 aliphatic carbocycles. The first kappa shape index (κ1) is 14.9. The number of aliphatic carboxylic acids is 1. The number of carbonyl (C=O) groups excluding carboxylic acids is 1. The summed E-state index contributed by atoms with van der Waals surface area (Å²) in [6.07, 6.45) is 1.50. The molecule has 0 saturated heterocycles. The molecule has 6 heteroatoms. The molecular formula is C13H19N3O3. The van der Waals surface area contributed by atoms with E-state index in [9.17, 15) is 9.59 Å². The summed E-state index contributed by atoms with van der Waals surface area (Å²) in [5.41, 5.74) is 0.367. The van der Waals surface area contributed by atoms with Crippen molar-refractivity contribution in [1.82, 2.24) is 10.3 Å². The van der Waals surface area contributed by atoms with Gasteiger partial charge in [-0.25, -0.2) is 0 Å². The van der Waals surface area contributed by atoms with Crippen molar-refractivity contribution in [2.24, 2.45) is 0 Å². The highest BCUT2D eigenvalue weighted by Crippen LogP contribution is 2.18. The highest BCUT2D eigenvalue weighted by molar-refractivity contribution is 5.93. The molecular weight excluding hydrogens is 246 g/mol. The van der Waals surface area contributed by atoms with E-state index in [-0.39, 0.29) is 12.3 Å². The largest absolute Gasteiger partial charge is 0.481 e. The number of aromatic nitrogens is 1. The molecule has 0 aliphatic heterocycles. The van der Waals surface area contributed by atoms with Gasteiger partial charge in [0.15, 0.2) is 0 Å². The van der Waals surface area contributed by atoms with Crippen LogP contribution in [-0.4, -0.2) is 34.1 Å².